The molecule has 0 radical (unpaired) electrons. The van der Waals surface area contributed by atoms with E-state index < -0.39 is 0 Å². The number of likely N-dealkylation sites (tertiary alicyclic amines) is 1. The van der Waals surface area contributed by atoms with E-state index in [4.69, 9.17) is 0 Å². The van der Waals surface area contributed by atoms with Crippen LogP contribution in [-0.4, -0.2) is 43.5 Å². The number of hydrogen-bond donors (Lipinski definition) is 2. The summed E-state index contributed by atoms with van der Waals surface area (Å²) in [5.74, 6) is -0.140. The van der Waals surface area contributed by atoms with Gasteiger partial charge in [0, 0.05) is 25.8 Å². The monoisotopic (exact) mass is 352 g/mol. The first-order valence-corrected chi connectivity index (χ1v) is 8.84. The topological polar surface area (TPSA) is 64.7 Å². The van der Waals surface area contributed by atoms with Gasteiger partial charge in [-0.2, -0.15) is 0 Å². The van der Waals surface area contributed by atoms with E-state index in [0.29, 0.717) is 11.4 Å². The number of urea groups is 1. The lowest BCUT2D eigenvalue weighted by molar-refractivity contribution is -0.114. The zero-order chi connectivity index (χ0) is 18.4. The summed E-state index contributed by atoms with van der Waals surface area (Å²) in [6.45, 7) is 1.78. The summed E-state index contributed by atoms with van der Waals surface area (Å²) in [6.07, 6.45) is 2.08. The lowest BCUT2D eigenvalue weighted by Crippen LogP contribution is -2.33. The van der Waals surface area contributed by atoms with Crippen molar-refractivity contribution in [1.82, 2.24) is 4.90 Å². The van der Waals surface area contributed by atoms with Gasteiger partial charge >= 0.3 is 6.03 Å². The van der Waals surface area contributed by atoms with Gasteiger partial charge in [-0.1, -0.05) is 30.3 Å². The van der Waals surface area contributed by atoms with Gasteiger partial charge in [0.1, 0.15) is 0 Å². The van der Waals surface area contributed by atoms with Crippen molar-refractivity contribution < 1.29 is 9.59 Å². The normalized spacial score (nSPS) is 13.3. The molecule has 0 aliphatic carbocycles. The molecule has 0 atom stereocenters. The number of rotatable bonds is 5. The van der Waals surface area contributed by atoms with Crippen LogP contribution in [0.25, 0.3) is 0 Å². The highest BCUT2D eigenvalue weighted by atomic mass is 16.2. The van der Waals surface area contributed by atoms with Crippen LogP contribution in [0.5, 0.6) is 0 Å². The first-order chi connectivity index (χ1) is 12.6. The minimum absolute atomic E-state index is 0.120. The van der Waals surface area contributed by atoms with Crippen molar-refractivity contribution in [3.63, 3.8) is 0 Å². The molecule has 0 bridgehead atoms. The van der Waals surface area contributed by atoms with Crippen molar-refractivity contribution in [2.45, 2.75) is 12.8 Å². The van der Waals surface area contributed by atoms with E-state index in [1.165, 1.54) is 0 Å². The lowest BCUT2D eigenvalue weighted by Gasteiger charge is -2.20. The van der Waals surface area contributed by atoms with Gasteiger partial charge in [0.25, 0.3) is 0 Å². The summed E-state index contributed by atoms with van der Waals surface area (Å²) in [4.78, 5) is 28.4. The summed E-state index contributed by atoms with van der Waals surface area (Å²) in [5.41, 5.74) is 2.19. The third kappa shape index (κ3) is 4.53. The SMILES string of the molecule is CN(CC(=O)Nc1ccccc1NC(=O)N1CCCC1)c1ccccc1. The lowest BCUT2D eigenvalue weighted by atomic mass is 10.2. The van der Waals surface area contributed by atoms with Gasteiger partial charge < -0.3 is 20.4 Å². The Morgan fingerprint density at radius 3 is 2.15 bits per heavy atom. The Labute approximate surface area is 153 Å². The highest BCUT2D eigenvalue weighted by Crippen LogP contribution is 2.22. The Morgan fingerprint density at radius 1 is 0.923 bits per heavy atom. The van der Waals surface area contributed by atoms with Crippen molar-refractivity contribution in [3.05, 3.63) is 54.6 Å². The van der Waals surface area contributed by atoms with E-state index in [9.17, 15) is 9.59 Å². The van der Waals surface area contributed by atoms with E-state index in [2.05, 4.69) is 10.6 Å². The quantitative estimate of drug-likeness (QED) is 0.867. The number of carbonyl (C=O) groups excluding carboxylic acids is 2. The highest BCUT2D eigenvalue weighted by Gasteiger charge is 2.19. The second-order valence-corrected chi connectivity index (χ2v) is 6.41. The molecule has 0 saturated carbocycles. The number of benzene rings is 2. The zero-order valence-electron chi connectivity index (χ0n) is 14.9. The van der Waals surface area contributed by atoms with E-state index in [1.807, 2.05) is 54.4 Å². The molecule has 6 nitrogen and oxygen atoms in total. The Balaban J connectivity index is 1.62. The first kappa shape index (κ1) is 17.8. The summed E-state index contributed by atoms with van der Waals surface area (Å²) in [6, 6.07) is 16.9. The number of nitrogens with zero attached hydrogens (tertiary/aromatic N) is 2. The molecule has 1 aliphatic heterocycles. The fraction of sp³-hybridized carbons (Fsp3) is 0.300. The maximum absolute atomic E-state index is 12.4. The van der Waals surface area contributed by atoms with E-state index in [0.717, 1.165) is 31.6 Å². The van der Waals surface area contributed by atoms with Crippen LogP contribution in [0, 0.1) is 0 Å². The molecule has 1 fully saturated rings. The third-order valence-corrected chi connectivity index (χ3v) is 4.41. The molecule has 3 rings (SSSR count). The van der Waals surface area contributed by atoms with Crippen LogP contribution in [0.3, 0.4) is 0 Å². The molecule has 0 aromatic heterocycles. The molecule has 1 saturated heterocycles. The second kappa shape index (κ2) is 8.38. The minimum Gasteiger partial charge on any atom is -0.365 e. The van der Waals surface area contributed by atoms with Crippen LogP contribution in [0.4, 0.5) is 21.9 Å². The predicted molar refractivity (Wildman–Crippen MR) is 105 cm³/mol. The van der Waals surface area contributed by atoms with Gasteiger partial charge in [-0.15, -0.1) is 0 Å². The largest absolute Gasteiger partial charge is 0.365 e. The number of carbonyl (C=O) groups is 2. The van der Waals surface area contributed by atoms with Gasteiger partial charge in [0.05, 0.1) is 17.9 Å². The smallest absolute Gasteiger partial charge is 0.321 e. The number of amides is 3. The molecule has 2 aromatic carbocycles. The summed E-state index contributed by atoms with van der Waals surface area (Å²) < 4.78 is 0. The Morgan fingerprint density at radius 2 is 1.50 bits per heavy atom. The Bertz CT molecular complexity index is 757. The fourth-order valence-corrected chi connectivity index (χ4v) is 2.99. The summed E-state index contributed by atoms with van der Waals surface area (Å²) in [5, 5.41) is 5.79. The Hall–Kier alpha value is -3.02. The third-order valence-electron chi connectivity index (χ3n) is 4.41. The van der Waals surface area contributed by atoms with E-state index in [-0.39, 0.29) is 18.5 Å². The van der Waals surface area contributed by atoms with Crippen molar-refractivity contribution >= 4 is 29.0 Å². The maximum atomic E-state index is 12.4. The number of likely N-dealkylation sites (N-methyl/N-ethyl adjacent to an activating group) is 1. The van der Waals surface area contributed by atoms with Crippen LogP contribution in [0.15, 0.2) is 54.6 Å². The molecular weight excluding hydrogens is 328 g/mol. The molecule has 6 heteroatoms. The average Bonchev–Trinajstić information content (AvgIpc) is 3.19. The van der Waals surface area contributed by atoms with Gasteiger partial charge in [0.15, 0.2) is 0 Å². The van der Waals surface area contributed by atoms with Gasteiger partial charge in [0.2, 0.25) is 5.91 Å². The van der Waals surface area contributed by atoms with Crippen molar-refractivity contribution in [1.29, 1.82) is 0 Å². The minimum atomic E-state index is -0.140. The van der Waals surface area contributed by atoms with Gasteiger partial charge in [-0.05, 0) is 37.1 Å². The van der Waals surface area contributed by atoms with Gasteiger partial charge in [-0.25, -0.2) is 4.79 Å². The number of para-hydroxylation sites is 3. The molecule has 0 spiro atoms. The summed E-state index contributed by atoms with van der Waals surface area (Å²) in [7, 11) is 1.87. The average molecular weight is 352 g/mol. The molecule has 3 amide bonds. The molecule has 2 aromatic rings. The van der Waals surface area contributed by atoms with Crippen LogP contribution >= 0.6 is 0 Å². The molecule has 1 aliphatic rings. The fourth-order valence-electron chi connectivity index (χ4n) is 2.99. The van der Waals surface area contributed by atoms with E-state index >= 15 is 0 Å². The molecule has 2 N–H and O–H groups in total. The molecule has 0 unspecified atom stereocenters. The van der Waals surface area contributed by atoms with Crippen molar-refractivity contribution in [3.8, 4) is 0 Å². The molecule has 26 heavy (non-hydrogen) atoms. The highest BCUT2D eigenvalue weighted by molar-refractivity contribution is 6.00. The zero-order valence-corrected chi connectivity index (χ0v) is 14.9. The van der Waals surface area contributed by atoms with E-state index in [1.54, 1.807) is 17.0 Å². The molecule has 136 valence electrons. The van der Waals surface area contributed by atoms with Crippen molar-refractivity contribution in [2.24, 2.45) is 0 Å². The van der Waals surface area contributed by atoms with Crippen LogP contribution < -0.4 is 15.5 Å². The van der Waals surface area contributed by atoms with Crippen molar-refractivity contribution in [2.75, 3.05) is 42.2 Å². The second-order valence-electron chi connectivity index (χ2n) is 6.41. The van der Waals surface area contributed by atoms with Crippen LogP contribution in [-0.2, 0) is 4.79 Å². The van der Waals surface area contributed by atoms with Gasteiger partial charge in [-0.3, -0.25) is 4.79 Å². The Kier molecular flexibility index (Phi) is 5.73. The standard InChI is InChI=1S/C20H24N4O2/c1-23(16-9-3-2-4-10-16)15-19(25)21-17-11-5-6-12-18(17)22-20(26)24-13-7-8-14-24/h2-6,9-12H,7-8,13-15H2,1H3,(H,21,25)(H,22,26). The first-order valence-electron chi connectivity index (χ1n) is 8.84. The molecule has 1 heterocycles. The van der Waals surface area contributed by atoms with Crippen LogP contribution in [0.2, 0.25) is 0 Å². The molecular formula is C20H24N4O2. The number of nitrogens with one attached hydrogen (secondary N) is 2. The number of anilines is 3. The predicted octanol–water partition coefficient (Wildman–Crippen LogP) is 3.39. The number of hydrogen-bond acceptors (Lipinski definition) is 3. The summed E-state index contributed by atoms with van der Waals surface area (Å²) >= 11 is 0. The van der Waals surface area contributed by atoms with Crippen LogP contribution in [0.1, 0.15) is 12.8 Å². The maximum Gasteiger partial charge on any atom is 0.321 e.